The Morgan fingerprint density at radius 1 is 1.17 bits per heavy atom. The largest absolute Gasteiger partial charge is 0.504 e. The minimum absolute atomic E-state index is 0.0422. The minimum Gasteiger partial charge on any atom is -0.504 e. The van der Waals surface area contributed by atoms with Crippen molar-refractivity contribution in [3.05, 3.63) is 35.0 Å². The third-order valence-corrected chi connectivity index (χ3v) is 6.33. The second-order valence-electron chi connectivity index (χ2n) is 8.16. The number of aliphatic imine (C=N–C) groups is 1. The first-order chi connectivity index (χ1) is 14.0. The Kier molecular flexibility index (Phi) is 5.43. The number of hydrogen-bond donors (Lipinski definition) is 1. The zero-order valence-electron chi connectivity index (χ0n) is 17.1. The maximum Gasteiger partial charge on any atom is 0.232 e. The summed E-state index contributed by atoms with van der Waals surface area (Å²) in [6.45, 7) is 3.42. The van der Waals surface area contributed by atoms with E-state index in [9.17, 15) is 14.7 Å². The lowest BCUT2D eigenvalue weighted by molar-refractivity contribution is -0.134. The second-order valence-corrected chi connectivity index (χ2v) is 8.16. The highest BCUT2D eigenvalue weighted by Crippen LogP contribution is 2.45. The van der Waals surface area contributed by atoms with Gasteiger partial charge in [-0.3, -0.25) is 14.6 Å². The van der Waals surface area contributed by atoms with Gasteiger partial charge < -0.3 is 14.7 Å². The number of phenolic OH excluding ortho intramolecular Hbond substituents is 1. The number of carbonyl (C=O) groups excluding carboxylic acids is 2. The van der Waals surface area contributed by atoms with Crippen molar-refractivity contribution in [3.8, 4) is 11.5 Å². The number of amides is 1. The average molecular weight is 396 g/mol. The first-order valence-corrected chi connectivity index (χ1v) is 10.5. The summed E-state index contributed by atoms with van der Waals surface area (Å²) >= 11 is 0. The van der Waals surface area contributed by atoms with Gasteiger partial charge in [-0.2, -0.15) is 0 Å². The lowest BCUT2D eigenvalue weighted by Gasteiger charge is -2.38. The number of methoxy groups -OCH3 is 1. The number of benzene rings is 1. The van der Waals surface area contributed by atoms with Crippen molar-refractivity contribution in [1.82, 2.24) is 4.90 Å². The Morgan fingerprint density at radius 2 is 1.93 bits per heavy atom. The molecule has 0 aromatic heterocycles. The number of hydrogen-bond acceptors (Lipinski definition) is 5. The van der Waals surface area contributed by atoms with Gasteiger partial charge in [-0.25, -0.2) is 0 Å². The molecule has 1 unspecified atom stereocenters. The summed E-state index contributed by atoms with van der Waals surface area (Å²) < 4.78 is 5.30. The number of likely N-dealkylation sites (tertiary alicyclic amines) is 1. The van der Waals surface area contributed by atoms with E-state index in [2.05, 4.69) is 0 Å². The monoisotopic (exact) mass is 396 g/mol. The smallest absolute Gasteiger partial charge is 0.232 e. The van der Waals surface area contributed by atoms with Crippen molar-refractivity contribution in [2.75, 3.05) is 20.2 Å². The van der Waals surface area contributed by atoms with Gasteiger partial charge in [-0.05, 0) is 56.7 Å². The van der Waals surface area contributed by atoms with E-state index >= 15 is 0 Å². The molecule has 4 rings (SSSR count). The van der Waals surface area contributed by atoms with Gasteiger partial charge in [0.05, 0.1) is 13.0 Å². The van der Waals surface area contributed by atoms with Crippen LogP contribution in [-0.4, -0.2) is 47.6 Å². The third-order valence-electron chi connectivity index (χ3n) is 6.33. The molecule has 2 aliphatic heterocycles. The van der Waals surface area contributed by atoms with Gasteiger partial charge in [-0.15, -0.1) is 0 Å². The molecule has 1 N–H and O–H groups in total. The fourth-order valence-electron chi connectivity index (χ4n) is 4.89. The first-order valence-electron chi connectivity index (χ1n) is 10.5. The molecule has 2 heterocycles. The van der Waals surface area contributed by atoms with Gasteiger partial charge in [-0.1, -0.05) is 6.07 Å². The van der Waals surface area contributed by atoms with Crippen LogP contribution in [0.3, 0.4) is 0 Å². The quantitative estimate of drug-likeness (QED) is 0.847. The Bertz CT molecular complexity index is 896. The van der Waals surface area contributed by atoms with E-state index in [-0.39, 0.29) is 23.4 Å². The normalized spacial score (nSPS) is 24.8. The molecule has 0 saturated carbocycles. The van der Waals surface area contributed by atoms with Gasteiger partial charge in [0.2, 0.25) is 5.91 Å². The first kappa shape index (κ1) is 19.7. The van der Waals surface area contributed by atoms with Gasteiger partial charge in [0.15, 0.2) is 17.3 Å². The van der Waals surface area contributed by atoms with E-state index in [4.69, 9.17) is 9.73 Å². The molecule has 6 heteroatoms. The Hall–Kier alpha value is -2.63. The van der Waals surface area contributed by atoms with Crippen LogP contribution in [0.4, 0.5) is 0 Å². The molecule has 1 aromatic carbocycles. The molecular weight excluding hydrogens is 368 g/mol. The highest BCUT2D eigenvalue weighted by Gasteiger charge is 2.44. The fourth-order valence-corrected chi connectivity index (χ4v) is 4.89. The van der Waals surface area contributed by atoms with E-state index < -0.39 is 5.92 Å². The van der Waals surface area contributed by atoms with E-state index in [0.717, 1.165) is 62.2 Å². The van der Waals surface area contributed by atoms with Crippen LogP contribution in [0, 0.1) is 5.92 Å². The summed E-state index contributed by atoms with van der Waals surface area (Å²) in [5.41, 5.74) is 3.07. The lowest BCUT2D eigenvalue weighted by atomic mass is 9.71. The van der Waals surface area contributed by atoms with Crippen LogP contribution in [0.1, 0.15) is 56.9 Å². The van der Waals surface area contributed by atoms with Gasteiger partial charge >= 0.3 is 0 Å². The third kappa shape index (κ3) is 3.56. The number of piperidine rings is 1. The molecule has 0 bridgehead atoms. The SMILES string of the molecule is COc1cc([C@H]2C3=C(CCCC3=O)N=C(C)C2C(=O)N2CCCCC2)ccc1O. The van der Waals surface area contributed by atoms with E-state index in [0.29, 0.717) is 17.7 Å². The summed E-state index contributed by atoms with van der Waals surface area (Å²) in [6, 6.07) is 5.12. The molecule has 0 radical (unpaired) electrons. The number of nitrogens with zero attached hydrogens (tertiary/aromatic N) is 2. The molecule has 1 aliphatic carbocycles. The van der Waals surface area contributed by atoms with Crippen LogP contribution in [0.5, 0.6) is 11.5 Å². The van der Waals surface area contributed by atoms with Crippen molar-refractivity contribution < 1.29 is 19.4 Å². The topological polar surface area (TPSA) is 79.2 Å². The van der Waals surface area contributed by atoms with Crippen LogP contribution in [0.25, 0.3) is 0 Å². The lowest BCUT2D eigenvalue weighted by Crippen LogP contribution is -2.46. The van der Waals surface area contributed by atoms with Crippen LogP contribution in [-0.2, 0) is 9.59 Å². The zero-order valence-corrected chi connectivity index (χ0v) is 17.1. The molecule has 1 saturated heterocycles. The fraction of sp³-hybridized carbons (Fsp3) is 0.522. The maximum absolute atomic E-state index is 13.6. The van der Waals surface area contributed by atoms with Crippen molar-refractivity contribution in [2.45, 2.75) is 51.4 Å². The summed E-state index contributed by atoms with van der Waals surface area (Å²) in [7, 11) is 1.50. The van der Waals surface area contributed by atoms with Crippen LogP contribution < -0.4 is 4.74 Å². The summed E-state index contributed by atoms with van der Waals surface area (Å²) in [5.74, 6) is -0.371. The minimum atomic E-state index is -0.497. The van der Waals surface area contributed by atoms with Crippen molar-refractivity contribution in [2.24, 2.45) is 10.9 Å². The van der Waals surface area contributed by atoms with Crippen LogP contribution in [0.2, 0.25) is 0 Å². The number of phenols is 1. The molecule has 1 amide bonds. The van der Waals surface area contributed by atoms with Crippen LogP contribution >= 0.6 is 0 Å². The molecule has 154 valence electrons. The number of rotatable bonds is 3. The number of allylic oxidation sites excluding steroid dienone is 2. The van der Waals surface area contributed by atoms with E-state index in [1.807, 2.05) is 11.8 Å². The van der Waals surface area contributed by atoms with Crippen molar-refractivity contribution in [1.29, 1.82) is 0 Å². The number of carbonyl (C=O) groups is 2. The predicted octanol–water partition coefficient (Wildman–Crippen LogP) is 3.59. The second kappa shape index (κ2) is 8.01. The number of ether oxygens (including phenoxy) is 1. The van der Waals surface area contributed by atoms with Crippen molar-refractivity contribution in [3.63, 3.8) is 0 Å². The zero-order chi connectivity index (χ0) is 20.5. The van der Waals surface area contributed by atoms with Gasteiger partial charge in [0.25, 0.3) is 0 Å². The standard InChI is InChI=1S/C23H28N2O4/c1-14-20(23(28)25-11-4-3-5-12-25)21(15-9-10-17(26)19(13-15)29-2)22-16(24-14)7-6-8-18(22)27/h9-10,13,20-21,26H,3-8,11-12H2,1-2H3/t20?,21-/m1/s1. The number of aromatic hydroxyl groups is 1. The molecule has 2 atom stereocenters. The number of ketones is 1. The molecule has 29 heavy (non-hydrogen) atoms. The molecule has 6 nitrogen and oxygen atoms in total. The highest BCUT2D eigenvalue weighted by atomic mass is 16.5. The predicted molar refractivity (Wildman–Crippen MR) is 110 cm³/mol. The summed E-state index contributed by atoms with van der Waals surface area (Å²) in [5, 5.41) is 10.0. The van der Waals surface area contributed by atoms with Gasteiger partial charge in [0.1, 0.15) is 0 Å². The number of Topliss-reactive ketones (excluding diaryl/α,β-unsaturated/α-hetero) is 1. The summed E-state index contributed by atoms with van der Waals surface area (Å²) in [6.07, 6.45) is 5.22. The molecule has 1 fully saturated rings. The van der Waals surface area contributed by atoms with Gasteiger partial charge in [0, 0.05) is 42.4 Å². The van der Waals surface area contributed by atoms with Crippen LogP contribution in [0.15, 0.2) is 34.5 Å². The molecule has 1 aromatic rings. The highest BCUT2D eigenvalue weighted by molar-refractivity contribution is 6.10. The Morgan fingerprint density at radius 3 is 2.66 bits per heavy atom. The van der Waals surface area contributed by atoms with Crippen molar-refractivity contribution >= 4 is 17.4 Å². The Labute approximate surface area is 171 Å². The maximum atomic E-state index is 13.6. The molecule has 3 aliphatic rings. The van der Waals surface area contributed by atoms with E-state index in [1.165, 1.54) is 7.11 Å². The summed E-state index contributed by atoms with van der Waals surface area (Å²) in [4.78, 5) is 33.2. The Balaban J connectivity index is 1.82. The molecular formula is C23H28N2O4. The van der Waals surface area contributed by atoms with E-state index in [1.54, 1.807) is 18.2 Å². The average Bonchev–Trinajstić information content (AvgIpc) is 2.73. The molecule has 0 spiro atoms.